The van der Waals surface area contributed by atoms with Gasteiger partial charge >= 0.3 is 11.9 Å². The van der Waals surface area contributed by atoms with E-state index in [4.69, 9.17) is 13.9 Å². The first-order valence-electron chi connectivity index (χ1n) is 14.9. The van der Waals surface area contributed by atoms with E-state index in [-0.39, 0.29) is 24.0 Å². The summed E-state index contributed by atoms with van der Waals surface area (Å²) in [7, 11) is 2.64. The van der Waals surface area contributed by atoms with Crippen LogP contribution in [0.25, 0.3) is 0 Å². The van der Waals surface area contributed by atoms with Crippen LogP contribution in [0.2, 0.25) is 0 Å². The van der Waals surface area contributed by atoms with Crippen LogP contribution < -0.4 is 9.80 Å². The van der Waals surface area contributed by atoms with E-state index in [1.165, 1.54) is 25.4 Å². The Morgan fingerprint density at radius 2 is 1.09 bits per heavy atom. The molecule has 2 atom stereocenters. The van der Waals surface area contributed by atoms with Crippen molar-refractivity contribution in [3.05, 3.63) is 119 Å². The zero-order valence-corrected chi connectivity index (χ0v) is 27.7. The lowest BCUT2D eigenvalue weighted by molar-refractivity contribution is -0.143. The molecule has 1 aromatic heterocycles. The SMILES string of the molecule is COC(=O)C(C)N(C(=O)Cc1ccccc1)c1c(C)cccc1C.COC(=O)C(C)N(C(=O)c1ccco1)c1c(C)cccc1C. The first-order valence-corrected chi connectivity index (χ1v) is 14.9. The molecule has 0 bridgehead atoms. The minimum absolute atomic E-state index is 0.128. The van der Waals surface area contributed by atoms with E-state index >= 15 is 0 Å². The van der Waals surface area contributed by atoms with E-state index in [1.54, 1.807) is 30.9 Å². The van der Waals surface area contributed by atoms with Crippen molar-refractivity contribution in [1.29, 1.82) is 0 Å². The molecule has 0 radical (unpaired) electrons. The average Bonchev–Trinajstić information content (AvgIpc) is 3.59. The number of hydrogen-bond donors (Lipinski definition) is 0. The normalized spacial score (nSPS) is 11.7. The number of carbonyl (C=O) groups is 4. The van der Waals surface area contributed by atoms with Crippen molar-refractivity contribution in [2.45, 2.75) is 60.0 Å². The standard InChI is InChI=1S/C20H23NO3.C17H19NO4/c1-14-9-8-10-15(2)19(14)21(16(3)20(23)24-4)18(22)13-17-11-6-5-7-12-17;1-11-7-5-8-12(2)15(11)18(13(3)17(20)21-4)16(19)14-9-6-10-22-14/h5-12,16H,13H2,1-4H3;5-10,13H,1-4H3. The molecule has 0 N–H and O–H groups in total. The number of hydrogen-bond acceptors (Lipinski definition) is 7. The van der Waals surface area contributed by atoms with Gasteiger partial charge in [-0.25, -0.2) is 9.59 Å². The first-order chi connectivity index (χ1) is 21.9. The van der Waals surface area contributed by atoms with Crippen molar-refractivity contribution in [3.63, 3.8) is 0 Å². The second kappa shape index (κ2) is 16.2. The van der Waals surface area contributed by atoms with Crippen LogP contribution in [0, 0.1) is 27.7 Å². The zero-order valence-electron chi connectivity index (χ0n) is 27.7. The van der Waals surface area contributed by atoms with E-state index in [9.17, 15) is 19.2 Å². The fourth-order valence-corrected chi connectivity index (χ4v) is 5.30. The Hall–Kier alpha value is -5.18. The summed E-state index contributed by atoms with van der Waals surface area (Å²) in [6, 6.07) is 22.8. The molecule has 2 amide bonds. The van der Waals surface area contributed by atoms with Gasteiger partial charge in [-0.3, -0.25) is 19.4 Å². The lowest BCUT2D eigenvalue weighted by atomic mass is 10.0. The number of benzene rings is 3. The van der Waals surface area contributed by atoms with Crippen molar-refractivity contribution in [2.24, 2.45) is 0 Å². The van der Waals surface area contributed by atoms with Crippen LogP contribution in [0.1, 0.15) is 52.2 Å². The summed E-state index contributed by atoms with van der Waals surface area (Å²) in [5.74, 6) is -1.24. The van der Waals surface area contributed by atoms with E-state index in [2.05, 4.69) is 0 Å². The van der Waals surface area contributed by atoms with Gasteiger partial charge in [0.2, 0.25) is 5.91 Å². The van der Waals surface area contributed by atoms with Crippen LogP contribution >= 0.6 is 0 Å². The number of esters is 2. The van der Waals surface area contributed by atoms with Gasteiger partial charge in [0, 0.05) is 0 Å². The summed E-state index contributed by atoms with van der Waals surface area (Å²) < 4.78 is 14.9. The zero-order chi connectivity index (χ0) is 34.0. The van der Waals surface area contributed by atoms with E-state index < -0.39 is 24.0 Å². The minimum atomic E-state index is -0.762. The third-order valence-corrected chi connectivity index (χ3v) is 7.64. The Kier molecular flexibility index (Phi) is 12.4. The molecule has 2 unspecified atom stereocenters. The van der Waals surface area contributed by atoms with Crippen LogP contribution in [0.4, 0.5) is 11.4 Å². The van der Waals surface area contributed by atoms with Crippen molar-refractivity contribution in [2.75, 3.05) is 24.0 Å². The highest BCUT2D eigenvalue weighted by molar-refractivity contribution is 6.08. The number of anilines is 2. The smallest absolute Gasteiger partial charge is 0.328 e. The molecule has 0 saturated heterocycles. The molecule has 4 aromatic rings. The maximum Gasteiger partial charge on any atom is 0.328 e. The summed E-state index contributed by atoms with van der Waals surface area (Å²) in [5, 5.41) is 0. The monoisotopic (exact) mass is 626 g/mol. The Labute approximate surface area is 270 Å². The van der Waals surface area contributed by atoms with Crippen molar-refractivity contribution in [1.82, 2.24) is 0 Å². The molecular weight excluding hydrogens is 584 g/mol. The van der Waals surface area contributed by atoms with Gasteiger partial charge in [0.05, 0.1) is 38.3 Å². The summed E-state index contributed by atoms with van der Waals surface area (Å²) >= 11 is 0. The number of para-hydroxylation sites is 2. The molecular formula is C37H42N2O7. The third kappa shape index (κ3) is 8.29. The second-order valence-corrected chi connectivity index (χ2v) is 11.0. The Balaban J connectivity index is 0.000000251. The van der Waals surface area contributed by atoms with Gasteiger partial charge in [0.25, 0.3) is 5.91 Å². The molecule has 242 valence electrons. The van der Waals surface area contributed by atoms with E-state index in [0.717, 1.165) is 33.5 Å². The Morgan fingerprint density at radius 3 is 1.52 bits per heavy atom. The highest BCUT2D eigenvalue weighted by Crippen LogP contribution is 2.29. The van der Waals surface area contributed by atoms with Crippen LogP contribution in [-0.4, -0.2) is 50.1 Å². The number of amides is 2. The van der Waals surface area contributed by atoms with E-state index in [1.807, 2.05) is 94.4 Å². The van der Waals surface area contributed by atoms with Gasteiger partial charge < -0.3 is 13.9 Å². The lowest BCUT2D eigenvalue weighted by Crippen LogP contribution is -2.45. The molecule has 0 fully saturated rings. The topological polar surface area (TPSA) is 106 Å². The second-order valence-electron chi connectivity index (χ2n) is 11.0. The van der Waals surface area contributed by atoms with Gasteiger partial charge in [0.15, 0.2) is 5.76 Å². The summed E-state index contributed by atoms with van der Waals surface area (Å²) in [6.07, 6.45) is 1.66. The number of furan rings is 1. The van der Waals surface area contributed by atoms with Crippen molar-refractivity contribution >= 4 is 35.1 Å². The van der Waals surface area contributed by atoms with Gasteiger partial charge in [0.1, 0.15) is 12.1 Å². The minimum Gasteiger partial charge on any atom is -0.467 e. The quantitative estimate of drug-likeness (QED) is 0.194. The molecule has 1 heterocycles. The van der Waals surface area contributed by atoms with Crippen LogP contribution in [-0.2, 0) is 30.3 Å². The third-order valence-electron chi connectivity index (χ3n) is 7.64. The highest BCUT2D eigenvalue weighted by Gasteiger charge is 2.32. The van der Waals surface area contributed by atoms with Gasteiger partial charge in [-0.15, -0.1) is 0 Å². The summed E-state index contributed by atoms with van der Waals surface area (Å²) in [4.78, 5) is 52.8. The largest absolute Gasteiger partial charge is 0.467 e. The fourth-order valence-electron chi connectivity index (χ4n) is 5.30. The van der Waals surface area contributed by atoms with Crippen LogP contribution in [0.15, 0.2) is 89.5 Å². The number of aryl methyl sites for hydroxylation is 4. The molecule has 9 heteroatoms. The van der Waals surface area contributed by atoms with Gasteiger partial charge in [-0.1, -0.05) is 66.7 Å². The average molecular weight is 627 g/mol. The molecule has 46 heavy (non-hydrogen) atoms. The van der Waals surface area contributed by atoms with Crippen molar-refractivity contribution < 1.29 is 33.1 Å². The summed E-state index contributed by atoms with van der Waals surface area (Å²) in [5.41, 5.74) is 6.08. The molecule has 0 aliphatic heterocycles. The molecule has 4 rings (SSSR count). The Bertz CT molecular complexity index is 1610. The Morgan fingerprint density at radius 1 is 0.630 bits per heavy atom. The molecule has 0 aliphatic rings. The maximum absolute atomic E-state index is 13.0. The highest BCUT2D eigenvalue weighted by atomic mass is 16.5. The predicted octanol–water partition coefficient (Wildman–Crippen LogP) is 6.55. The number of carbonyl (C=O) groups excluding carboxylic acids is 4. The van der Waals surface area contributed by atoms with Crippen molar-refractivity contribution in [3.8, 4) is 0 Å². The number of ether oxygens (including phenoxy) is 2. The van der Waals surface area contributed by atoms with Crippen LogP contribution in [0.5, 0.6) is 0 Å². The number of nitrogens with zero attached hydrogens (tertiary/aromatic N) is 2. The summed E-state index contributed by atoms with van der Waals surface area (Å²) in [6.45, 7) is 11.0. The molecule has 3 aromatic carbocycles. The first kappa shape index (κ1) is 35.3. The molecule has 9 nitrogen and oxygen atoms in total. The molecule has 0 aliphatic carbocycles. The molecule has 0 saturated carbocycles. The number of rotatable bonds is 9. The number of methoxy groups -OCH3 is 2. The molecule has 0 spiro atoms. The van der Waals surface area contributed by atoms with E-state index in [0.29, 0.717) is 5.69 Å². The lowest BCUT2D eigenvalue weighted by Gasteiger charge is -2.30. The van der Waals surface area contributed by atoms with Gasteiger partial charge in [-0.2, -0.15) is 0 Å². The fraction of sp³-hybridized carbons (Fsp3) is 0.297. The van der Waals surface area contributed by atoms with Gasteiger partial charge in [-0.05, 0) is 81.5 Å². The predicted molar refractivity (Wildman–Crippen MR) is 178 cm³/mol. The maximum atomic E-state index is 13.0. The van der Waals surface area contributed by atoms with Crippen LogP contribution in [0.3, 0.4) is 0 Å².